The van der Waals surface area contributed by atoms with Gasteiger partial charge in [0.1, 0.15) is 5.67 Å². The predicted molar refractivity (Wildman–Crippen MR) is 67.2 cm³/mol. The quantitative estimate of drug-likeness (QED) is 0.750. The summed E-state index contributed by atoms with van der Waals surface area (Å²) in [4.78, 5) is 2.28. The Balaban J connectivity index is 2.98. The summed E-state index contributed by atoms with van der Waals surface area (Å²) >= 11 is 0. The van der Waals surface area contributed by atoms with Gasteiger partial charge in [-0.1, -0.05) is 20.8 Å². The van der Waals surface area contributed by atoms with Crippen LogP contribution in [0.15, 0.2) is 0 Å². The zero-order valence-corrected chi connectivity index (χ0v) is 11.6. The molecule has 1 rings (SSSR count). The van der Waals surface area contributed by atoms with Gasteiger partial charge in [-0.25, -0.2) is 4.39 Å². The molecule has 1 saturated heterocycles. The molecule has 0 bridgehead atoms. The van der Waals surface area contributed by atoms with Gasteiger partial charge in [-0.05, 0) is 32.6 Å². The van der Waals surface area contributed by atoms with Crippen molar-refractivity contribution < 1.29 is 4.39 Å². The third-order valence-electron chi connectivity index (χ3n) is 3.62. The van der Waals surface area contributed by atoms with Gasteiger partial charge in [0, 0.05) is 24.7 Å². The lowest BCUT2D eigenvalue weighted by molar-refractivity contribution is 0.0540. The van der Waals surface area contributed by atoms with Crippen molar-refractivity contribution in [2.45, 2.75) is 65.2 Å². The highest BCUT2D eigenvalue weighted by molar-refractivity contribution is 5.04. The van der Waals surface area contributed by atoms with Crippen molar-refractivity contribution in [3.63, 3.8) is 0 Å². The van der Waals surface area contributed by atoms with Gasteiger partial charge in [-0.15, -0.1) is 0 Å². The fourth-order valence-electron chi connectivity index (χ4n) is 2.56. The van der Waals surface area contributed by atoms with E-state index < -0.39 is 5.67 Å². The molecule has 2 atom stereocenters. The molecule has 1 fully saturated rings. The molecule has 0 amide bonds. The SMILES string of the molecule is CC(C)(C)C1C[C@](F)(CN)CN1C(C)(C)C. The van der Waals surface area contributed by atoms with Crippen molar-refractivity contribution in [3.8, 4) is 0 Å². The summed E-state index contributed by atoms with van der Waals surface area (Å²) in [6, 6.07) is 0.265. The highest BCUT2D eigenvalue weighted by Crippen LogP contribution is 2.42. The van der Waals surface area contributed by atoms with Crippen LogP contribution in [0.5, 0.6) is 0 Å². The maximum absolute atomic E-state index is 14.4. The fourth-order valence-corrected chi connectivity index (χ4v) is 2.56. The van der Waals surface area contributed by atoms with E-state index in [1.807, 2.05) is 0 Å². The molecule has 2 nitrogen and oxygen atoms in total. The zero-order valence-electron chi connectivity index (χ0n) is 11.6. The minimum absolute atomic E-state index is 0.000949. The van der Waals surface area contributed by atoms with Crippen molar-refractivity contribution in [2.24, 2.45) is 11.1 Å². The highest BCUT2D eigenvalue weighted by atomic mass is 19.1. The number of hydrogen-bond donors (Lipinski definition) is 1. The lowest BCUT2D eigenvalue weighted by atomic mass is 9.82. The van der Waals surface area contributed by atoms with Gasteiger partial charge in [0.05, 0.1) is 0 Å². The summed E-state index contributed by atoms with van der Waals surface area (Å²) < 4.78 is 14.4. The van der Waals surface area contributed by atoms with Gasteiger partial charge in [-0.3, -0.25) is 4.90 Å². The monoisotopic (exact) mass is 230 g/mol. The van der Waals surface area contributed by atoms with Crippen LogP contribution < -0.4 is 5.73 Å². The van der Waals surface area contributed by atoms with Gasteiger partial charge in [0.15, 0.2) is 0 Å². The molecule has 1 heterocycles. The van der Waals surface area contributed by atoms with Crippen LogP contribution in [0.2, 0.25) is 0 Å². The van der Waals surface area contributed by atoms with Crippen molar-refractivity contribution in [3.05, 3.63) is 0 Å². The lowest BCUT2D eigenvalue weighted by Gasteiger charge is -2.42. The van der Waals surface area contributed by atoms with E-state index in [0.717, 1.165) is 0 Å². The molecular weight excluding hydrogens is 203 g/mol. The summed E-state index contributed by atoms with van der Waals surface area (Å²) in [7, 11) is 0. The average molecular weight is 230 g/mol. The Morgan fingerprint density at radius 3 is 2.00 bits per heavy atom. The molecule has 3 heteroatoms. The summed E-state index contributed by atoms with van der Waals surface area (Å²) in [5, 5.41) is 0. The Morgan fingerprint density at radius 1 is 1.25 bits per heavy atom. The summed E-state index contributed by atoms with van der Waals surface area (Å²) in [5.41, 5.74) is 4.47. The van der Waals surface area contributed by atoms with Crippen molar-refractivity contribution >= 4 is 0 Å². The van der Waals surface area contributed by atoms with Crippen LogP contribution >= 0.6 is 0 Å². The van der Waals surface area contributed by atoms with Crippen LogP contribution in [-0.2, 0) is 0 Å². The molecule has 1 unspecified atom stereocenters. The number of nitrogens with two attached hydrogens (primary N) is 1. The van der Waals surface area contributed by atoms with E-state index >= 15 is 0 Å². The minimum atomic E-state index is -1.20. The predicted octanol–water partition coefficient (Wildman–Crippen LogP) is 2.57. The van der Waals surface area contributed by atoms with Gasteiger partial charge < -0.3 is 5.73 Å². The first-order chi connectivity index (χ1) is 6.99. The minimum Gasteiger partial charge on any atom is -0.327 e. The van der Waals surface area contributed by atoms with E-state index in [2.05, 4.69) is 46.4 Å². The molecule has 0 aromatic rings. The molecule has 0 aromatic carbocycles. The molecule has 1 aliphatic heterocycles. The molecule has 16 heavy (non-hydrogen) atoms. The molecule has 96 valence electrons. The van der Waals surface area contributed by atoms with E-state index in [1.165, 1.54) is 0 Å². The average Bonchev–Trinajstić information content (AvgIpc) is 2.43. The Morgan fingerprint density at radius 2 is 1.75 bits per heavy atom. The van der Waals surface area contributed by atoms with Gasteiger partial charge in [0.25, 0.3) is 0 Å². The van der Waals surface area contributed by atoms with E-state index in [1.54, 1.807) is 0 Å². The largest absolute Gasteiger partial charge is 0.327 e. The maximum Gasteiger partial charge on any atom is 0.137 e. The topological polar surface area (TPSA) is 29.3 Å². The molecule has 0 spiro atoms. The summed E-state index contributed by atoms with van der Waals surface area (Å²) in [6.07, 6.45) is 0.560. The first-order valence-electron chi connectivity index (χ1n) is 6.15. The second kappa shape index (κ2) is 3.95. The van der Waals surface area contributed by atoms with E-state index in [-0.39, 0.29) is 23.5 Å². The third-order valence-corrected chi connectivity index (χ3v) is 3.62. The van der Waals surface area contributed by atoms with Gasteiger partial charge in [-0.2, -0.15) is 0 Å². The Labute approximate surface area is 99.4 Å². The van der Waals surface area contributed by atoms with Crippen LogP contribution in [0.4, 0.5) is 4.39 Å². The normalized spacial score (nSPS) is 33.4. The number of nitrogens with zero attached hydrogens (tertiary/aromatic N) is 1. The molecule has 0 saturated carbocycles. The third kappa shape index (κ3) is 2.75. The van der Waals surface area contributed by atoms with E-state index in [0.29, 0.717) is 13.0 Å². The zero-order chi connectivity index (χ0) is 12.8. The number of alkyl halides is 1. The maximum atomic E-state index is 14.4. The lowest BCUT2D eigenvalue weighted by Crippen LogP contribution is -2.50. The Hall–Kier alpha value is -0.150. The van der Waals surface area contributed by atoms with Crippen molar-refractivity contribution in [1.29, 1.82) is 0 Å². The van der Waals surface area contributed by atoms with E-state index in [4.69, 9.17) is 5.73 Å². The summed E-state index contributed by atoms with van der Waals surface area (Å²) in [5.74, 6) is 0. The molecule has 2 N–H and O–H groups in total. The van der Waals surface area contributed by atoms with Crippen LogP contribution in [-0.4, -0.2) is 35.2 Å². The van der Waals surface area contributed by atoms with Crippen LogP contribution in [0, 0.1) is 5.41 Å². The smallest absolute Gasteiger partial charge is 0.137 e. The molecule has 1 aliphatic rings. The van der Waals surface area contributed by atoms with Crippen LogP contribution in [0.25, 0.3) is 0 Å². The number of halogens is 1. The van der Waals surface area contributed by atoms with Crippen LogP contribution in [0.1, 0.15) is 48.0 Å². The van der Waals surface area contributed by atoms with Gasteiger partial charge in [0.2, 0.25) is 0 Å². The molecule has 0 aliphatic carbocycles. The Kier molecular flexibility index (Phi) is 3.44. The first kappa shape index (κ1) is 13.9. The van der Waals surface area contributed by atoms with Crippen molar-refractivity contribution in [2.75, 3.05) is 13.1 Å². The second-order valence-electron chi connectivity index (χ2n) is 7.24. The molecule has 0 aromatic heterocycles. The number of hydrogen-bond acceptors (Lipinski definition) is 2. The number of likely N-dealkylation sites (tertiary alicyclic amines) is 1. The fraction of sp³-hybridized carbons (Fsp3) is 1.00. The van der Waals surface area contributed by atoms with E-state index in [9.17, 15) is 4.39 Å². The molecule has 0 radical (unpaired) electrons. The standard InChI is InChI=1S/C13H27FN2/c1-11(2,3)10-7-13(14,8-15)9-16(10)12(4,5)6/h10H,7-9,15H2,1-6H3/t10?,13-/m0/s1. The summed E-state index contributed by atoms with van der Waals surface area (Å²) in [6.45, 7) is 13.6. The van der Waals surface area contributed by atoms with Gasteiger partial charge >= 0.3 is 0 Å². The second-order valence-corrected chi connectivity index (χ2v) is 7.24. The first-order valence-corrected chi connectivity index (χ1v) is 6.15. The van der Waals surface area contributed by atoms with Crippen molar-refractivity contribution in [1.82, 2.24) is 4.90 Å². The Bertz CT molecular complexity index is 228. The van der Waals surface area contributed by atoms with Crippen LogP contribution in [0.3, 0.4) is 0 Å². The highest BCUT2D eigenvalue weighted by Gasteiger charge is 2.50. The molecular formula is C13H27FN2. The number of rotatable bonds is 1.